The van der Waals surface area contributed by atoms with E-state index >= 15 is 0 Å². The second-order valence-corrected chi connectivity index (χ2v) is 6.03. The third-order valence-corrected chi connectivity index (χ3v) is 3.63. The van der Waals surface area contributed by atoms with Gasteiger partial charge in [0.25, 0.3) is 0 Å². The van der Waals surface area contributed by atoms with Gasteiger partial charge >= 0.3 is 0 Å². The molecule has 0 radical (unpaired) electrons. The number of likely N-dealkylation sites (N-methyl/N-ethyl adjacent to an activating group) is 1. The Balaban J connectivity index is 2.24. The van der Waals surface area contributed by atoms with Crippen LogP contribution in [0.1, 0.15) is 20.8 Å². The second kappa shape index (κ2) is 8.10. The van der Waals surface area contributed by atoms with Crippen molar-refractivity contribution >= 4 is 0 Å². The Hall–Kier alpha value is -0.160. The summed E-state index contributed by atoms with van der Waals surface area (Å²) in [6.07, 6.45) is 0. The Morgan fingerprint density at radius 2 is 2.06 bits per heavy atom. The van der Waals surface area contributed by atoms with Crippen LogP contribution in [0.5, 0.6) is 0 Å². The summed E-state index contributed by atoms with van der Waals surface area (Å²) >= 11 is 0. The molecule has 1 aliphatic heterocycles. The highest BCUT2D eigenvalue weighted by Gasteiger charge is 2.27. The van der Waals surface area contributed by atoms with E-state index in [0.29, 0.717) is 18.0 Å². The molecule has 0 saturated carbocycles. The first-order valence-electron chi connectivity index (χ1n) is 7.20. The minimum atomic E-state index is 0.599. The van der Waals surface area contributed by atoms with Gasteiger partial charge in [0, 0.05) is 38.3 Å². The van der Waals surface area contributed by atoms with Crippen molar-refractivity contribution in [1.82, 2.24) is 15.1 Å². The maximum absolute atomic E-state index is 5.71. The van der Waals surface area contributed by atoms with Gasteiger partial charge in [-0.2, -0.15) is 0 Å². The molecule has 0 spiro atoms. The van der Waals surface area contributed by atoms with Gasteiger partial charge in [-0.25, -0.2) is 0 Å². The molecular weight excluding hydrogens is 226 g/mol. The molecule has 108 valence electrons. The van der Waals surface area contributed by atoms with Crippen LogP contribution in [0.4, 0.5) is 0 Å². The van der Waals surface area contributed by atoms with E-state index in [1.54, 1.807) is 0 Å². The molecule has 1 N–H and O–H groups in total. The number of hydrogen-bond donors (Lipinski definition) is 1. The second-order valence-electron chi connectivity index (χ2n) is 6.03. The first kappa shape index (κ1) is 15.9. The Morgan fingerprint density at radius 1 is 1.33 bits per heavy atom. The van der Waals surface area contributed by atoms with Crippen molar-refractivity contribution in [2.24, 2.45) is 5.92 Å². The first-order chi connectivity index (χ1) is 8.50. The minimum Gasteiger partial charge on any atom is -0.379 e. The molecular formula is C14H31N3O. The highest BCUT2D eigenvalue weighted by molar-refractivity contribution is 4.85. The van der Waals surface area contributed by atoms with Gasteiger partial charge in [-0.3, -0.25) is 4.90 Å². The summed E-state index contributed by atoms with van der Waals surface area (Å²) in [5, 5.41) is 3.57. The molecule has 0 amide bonds. The predicted octanol–water partition coefficient (Wildman–Crippen LogP) is 0.883. The fourth-order valence-corrected chi connectivity index (χ4v) is 2.45. The smallest absolute Gasteiger partial charge is 0.0594 e. The van der Waals surface area contributed by atoms with Crippen LogP contribution in [0.15, 0.2) is 0 Å². The third-order valence-electron chi connectivity index (χ3n) is 3.63. The lowest BCUT2D eigenvalue weighted by molar-refractivity contribution is 0.0485. The monoisotopic (exact) mass is 257 g/mol. The maximum atomic E-state index is 5.71. The Bertz CT molecular complexity index is 221. The molecule has 1 rings (SSSR count). The zero-order chi connectivity index (χ0) is 13.5. The normalized spacial score (nSPS) is 26.2. The van der Waals surface area contributed by atoms with E-state index in [0.717, 1.165) is 39.4 Å². The minimum absolute atomic E-state index is 0.599. The van der Waals surface area contributed by atoms with Gasteiger partial charge in [0.2, 0.25) is 0 Å². The molecule has 0 aromatic heterocycles. The van der Waals surface area contributed by atoms with Crippen LogP contribution in [0, 0.1) is 5.92 Å². The summed E-state index contributed by atoms with van der Waals surface area (Å²) in [6.45, 7) is 12.9. The molecule has 1 heterocycles. The zero-order valence-corrected chi connectivity index (χ0v) is 12.8. The number of hydrogen-bond acceptors (Lipinski definition) is 4. The lowest BCUT2D eigenvalue weighted by Gasteiger charge is -2.41. The van der Waals surface area contributed by atoms with E-state index in [9.17, 15) is 0 Å². The van der Waals surface area contributed by atoms with E-state index < -0.39 is 0 Å². The van der Waals surface area contributed by atoms with Gasteiger partial charge in [0.05, 0.1) is 13.2 Å². The predicted molar refractivity (Wildman–Crippen MR) is 77.0 cm³/mol. The fraction of sp³-hybridized carbons (Fsp3) is 1.00. The average molecular weight is 257 g/mol. The first-order valence-corrected chi connectivity index (χ1v) is 7.20. The van der Waals surface area contributed by atoms with Crippen molar-refractivity contribution in [3.8, 4) is 0 Å². The quantitative estimate of drug-likeness (QED) is 0.685. The molecule has 1 saturated heterocycles. The Morgan fingerprint density at radius 3 is 2.67 bits per heavy atom. The largest absolute Gasteiger partial charge is 0.379 e. The molecule has 0 bridgehead atoms. The summed E-state index contributed by atoms with van der Waals surface area (Å²) in [4.78, 5) is 4.74. The standard InChI is InChI=1S/C14H31N3O/c1-12(2)14-10-15-13(3)11-17(14)7-9-18-8-6-16(4)5/h12-15H,6-11H2,1-5H3. The van der Waals surface area contributed by atoms with Crippen LogP contribution in [0.3, 0.4) is 0 Å². The van der Waals surface area contributed by atoms with Crippen LogP contribution in [0.25, 0.3) is 0 Å². The van der Waals surface area contributed by atoms with Crippen molar-refractivity contribution in [2.45, 2.75) is 32.9 Å². The summed E-state index contributed by atoms with van der Waals surface area (Å²) < 4.78 is 5.71. The third kappa shape index (κ3) is 5.65. The number of ether oxygens (including phenoxy) is 1. The maximum Gasteiger partial charge on any atom is 0.0594 e. The molecule has 18 heavy (non-hydrogen) atoms. The molecule has 1 aliphatic rings. The molecule has 0 aliphatic carbocycles. The molecule has 1 fully saturated rings. The Kier molecular flexibility index (Phi) is 7.15. The molecule has 2 unspecified atom stereocenters. The highest BCUT2D eigenvalue weighted by atomic mass is 16.5. The number of rotatable bonds is 7. The van der Waals surface area contributed by atoms with Crippen LogP contribution in [-0.2, 0) is 4.74 Å². The molecule has 4 nitrogen and oxygen atoms in total. The van der Waals surface area contributed by atoms with Crippen LogP contribution in [0.2, 0.25) is 0 Å². The van der Waals surface area contributed by atoms with Crippen molar-refractivity contribution in [3.05, 3.63) is 0 Å². The van der Waals surface area contributed by atoms with E-state index in [2.05, 4.69) is 50.0 Å². The Labute approximate surface area is 113 Å². The van der Waals surface area contributed by atoms with Gasteiger partial charge in [0.1, 0.15) is 0 Å². The van der Waals surface area contributed by atoms with Crippen molar-refractivity contribution in [3.63, 3.8) is 0 Å². The van der Waals surface area contributed by atoms with Crippen LogP contribution < -0.4 is 5.32 Å². The van der Waals surface area contributed by atoms with Gasteiger partial charge < -0.3 is 15.0 Å². The highest BCUT2D eigenvalue weighted by Crippen LogP contribution is 2.14. The lowest BCUT2D eigenvalue weighted by Crippen LogP contribution is -2.57. The number of nitrogens with one attached hydrogen (secondary N) is 1. The molecule has 4 heteroatoms. The van der Waals surface area contributed by atoms with Crippen molar-refractivity contribution in [2.75, 3.05) is 53.5 Å². The topological polar surface area (TPSA) is 27.7 Å². The van der Waals surface area contributed by atoms with Gasteiger partial charge in [-0.05, 0) is 26.9 Å². The van der Waals surface area contributed by atoms with Gasteiger partial charge in [-0.1, -0.05) is 13.8 Å². The van der Waals surface area contributed by atoms with Crippen LogP contribution in [-0.4, -0.2) is 75.4 Å². The number of piperazine rings is 1. The molecule has 2 atom stereocenters. The average Bonchev–Trinajstić information content (AvgIpc) is 2.27. The number of nitrogens with zero attached hydrogens (tertiary/aromatic N) is 2. The fourth-order valence-electron chi connectivity index (χ4n) is 2.45. The lowest BCUT2D eigenvalue weighted by atomic mass is 9.99. The summed E-state index contributed by atoms with van der Waals surface area (Å²) in [6, 6.07) is 1.25. The SMILES string of the molecule is CC1CN(CCOCCN(C)C)C(C(C)C)CN1. The van der Waals surface area contributed by atoms with E-state index in [4.69, 9.17) is 4.74 Å². The van der Waals surface area contributed by atoms with Crippen molar-refractivity contribution < 1.29 is 4.74 Å². The van der Waals surface area contributed by atoms with E-state index in [-0.39, 0.29) is 0 Å². The zero-order valence-electron chi connectivity index (χ0n) is 12.8. The van der Waals surface area contributed by atoms with Crippen molar-refractivity contribution in [1.29, 1.82) is 0 Å². The van der Waals surface area contributed by atoms with Gasteiger partial charge in [-0.15, -0.1) is 0 Å². The summed E-state index contributed by atoms with van der Waals surface area (Å²) in [5.41, 5.74) is 0. The van der Waals surface area contributed by atoms with E-state index in [1.165, 1.54) is 0 Å². The molecule has 0 aromatic rings. The summed E-state index contributed by atoms with van der Waals surface area (Å²) in [7, 11) is 4.16. The molecule has 0 aromatic carbocycles. The van der Waals surface area contributed by atoms with Gasteiger partial charge in [0.15, 0.2) is 0 Å². The summed E-state index contributed by atoms with van der Waals surface area (Å²) in [5.74, 6) is 0.701. The van der Waals surface area contributed by atoms with Crippen LogP contribution >= 0.6 is 0 Å². The van der Waals surface area contributed by atoms with E-state index in [1.807, 2.05) is 0 Å².